The van der Waals surface area contributed by atoms with Crippen LogP contribution in [0.3, 0.4) is 0 Å². The topological polar surface area (TPSA) is 56.1 Å². The Morgan fingerprint density at radius 1 is 1.18 bits per heavy atom. The molecular formula is C28H37N3O2S. The Kier molecular flexibility index (Phi) is 8.44. The molecule has 1 aliphatic rings. The number of amides is 1. The van der Waals surface area contributed by atoms with Gasteiger partial charge in [0.15, 0.2) is 5.75 Å². The average Bonchev–Trinajstić information content (AvgIpc) is 3.46. The number of aromatic nitrogens is 2. The van der Waals surface area contributed by atoms with E-state index in [4.69, 9.17) is 9.72 Å². The van der Waals surface area contributed by atoms with E-state index in [2.05, 4.69) is 60.3 Å². The quantitative estimate of drug-likeness (QED) is 0.321. The van der Waals surface area contributed by atoms with E-state index in [1.165, 1.54) is 37.7 Å². The van der Waals surface area contributed by atoms with Gasteiger partial charge in [0.25, 0.3) is 0 Å². The minimum atomic E-state index is -0.382. The third-order valence-electron chi connectivity index (χ3n) is 6.86. The Labute approximate surface area is 207 Å². The van der Waals surface area contributed by atoms with Crippen molar-refractivity contribution in [1.82, 2.24) is 14.9 Å². The van der Waals surface area contributed by atoms with E-state index >= 15 is 0 Å². The third kappa shape index (κ3) is 5.90. The van der Waals surface area contributed by atoms with Gasteiger partial charge >= 0.3 is 6.09 Å². The van der Waals surface area contributed by atoms with Crippen molar-refractivity contribution in [3.63, 3.8) is 0 Å². The van der Waals surface area contributed by atoms with Crippen molar-refractivity contribution < 1.29 is 9.53 Å². The van der Waals surface area contributed by atoms with Crippen LogP contribution in [0.1, 0.15) is 70.1 Å². The summed E-state index contributed by atoms with van der Waals surface area (Å²) < 4.78 is 8.07. The lowest BCUT2D eigenvalue weighted by Gasteiger charge is -2.24. The van der Waals surface area contributed by atoms with Crippen LogP contribution in [0.4, 0.5) is 4.79 Å². The van der Waals surface area contributed by atoms with Gasteiger partial charge in [0.2, 0.25) is 0 Å². The first-order valence-corrected chi connectivity index (χ1v) is 13.7. The van der Waals surface area contributed by atoms with E-state index in [1.54, 1.807) is 11.3 Å². The minimum absolute atomic E-state index is 0.382. The normalized spacial score (nSPS) is 14.3. The molecule has 1 amide bonds. The molecule has 0 unspecified atom stereocenters. The van der Waals surface area contributed by atoms with Gasteiger partial charge in [0.05, 0.1) is 17.1 Å². The van der Waals surface area contributed by atoms with Gasteiger partial charge in [-0.1, -0.05) is 63.8 Å². The zero-order chi connectivity index (χ0) is 23.9. The molecule has 1 aliphatic carbocycles. The second kappa shape index (κ2) is 11.7. The van der Waals surface area contributed by atoms with Crippen molar-refractivity contribution in [2.24, 2.45) is 5.92 Å². The third-order valence-corrected chi connectivity index (χ3v) is 7.76. The first-order chi connectivity index (χ1) is 16.6. The maximum absolute atomic E-state index is 12.4. The summed E-state index contributed by atoms with van der Waals surface area (Å²) in [6.07, 6.45) is 9.10. The molecule has 3 aromatic rings. The molecule has 0 atom stereocenters. The SMILES string of the molecule is CCCCNC(=O)Oc1cc(-c2csc(-c3ccc(CC)cc3)n2)n(CC2CCCCC2)c1C. The van der Waals surface area contributed by atoms with Crippen LogP contribution in [0.5, 0.6) is 5.75 Å². The molecule has 0 spiro atoms. The van der Waals surface area contributed by atoms with Crippen LogP contribution < -0.4 is 10.1 Å². The number of aryl methyl sites for hydroxylation is 1. The van der Waals surface area contributed by atoms with Gasteiger partial charge in [0.1, 0.15) is 5.01 Å². The number of nitrogens with one attached hydrogen (secondary N) is 1. The van der Waals surface area contributed by atoms with E-state index in [0.29, 0.717) is 18.2 Å². The molecule has 0 radical (unpaired) electrons. The summed E-state index contributed by atoms with van der Waals surface area (Å²) in [5, 5.41) is 6.00. The second-order valence-corrected chi connectivity index (χ2v) is 10.2. The van der Waals surface area contributed by atoms with Gasteiger partial charge in [-0.15, -0.1) is 11.3 Å². The lowest BCUT2D eigenvalue weighted by atomic mass is 9.89. The first-order valence-electron chi connectivity index (χ1n) is 12.8. The highest BCUT2D eigenvalue weighted by atomic mass is 32.1. The summed E-state index contributed by atoms with van der Waals surface area (Å²) in [6, 6.07) is 10.7. The summed E-state index contributed by atoms with van der Waals surface area (Å²) in [6.45, 7) is 7.91. The average molecular weight is 480 g/mol. The predicted molar refractivity (Wildman–Crippen MR) is 141 cm³/mol. The van der Waals surface area contributed by atoms with Gasteiger partial charge < -0.3 is 14.6 Å². The minimum Gasteiger partial charge on any atom is -0.408 e. The van der Waals surface area contributed by atoms with E-state index in [-0.39, 0.29) is 6.09 Å². The smallest absolute Gasteiger partial charge is 0.408 e. The highest BCUT2D eigenvalue weighted by Crippen LogP contribution is 2.36. The molecule has 0 saturated heterocycles. The summed E-state index contributed by atoms with van der Waals surface area (Å²) >= 11 is 1.66. The monoisotopic (exact) mass is 479 g/mol. The van der Waals surface area contributed by atoms with Crippen LogP contribution >= 0.6 is 11.3 Å². The number of thiazole rings is 1. The van der Waals surface area contributed by atoms with Crippen LogP contribution in [0.15, 0.2) is 35.7 Å². The molecule has 0 aliphatic heterocycles. The van der Waals surface area contributed by atoms with Gasteiger partial charge in [-0.25, -0.2) is 9.78 Å². The second-order valence-electron chi connectivity index (χ2n) is 9.35. The number of rotatable bonds is 9. The Morgan fingerprint density at radius 2 is 1.94 bits per heavy atom. The molecule has 2 aromatic heterocycles. The number of hydrogen-bond donors (Lipinski definition) is 1. The lowest BCUT2D eigenvalue weighted by Crippen LogP contribution is -2.27. The molecule has 0 bridgehead atoms. The van der Waals surface area contributed by atoms with Crippen LogP contribution in [-0.4, -0.2) is 22.2 Å². The fraction of sp³-hybridized carbons (Fsp3) is 0.500. The first kappa shape index (κ1) is 24.5. The van der Waals surface area contributed by atoms with Crippen molar-refractivity contribution in [3.8, 4) is 27.7 Å². The summed E-state index contributed by atoms with van der Waals surface area (Å²) in [4.78, 5) is 17.4. The number of benzene rings is 1. The van der Waals surface area contributed by atoms with Crippen molar-refractivity contribution in [3.05, 3.63) is 47.0 Å². The predicted octanol–water partition coefficient (Wildman–Crippen LogP) is 7.62. The molecule has 5 nitrogen and oxygen atoms in total. The molecule has 1 aromatic carbocycles. The fourth-order valence-corrected chi connectivity index (χ4v) is 5.53. The van der Waals surface area contributed by atoms with Gasteiger partial charge in [-0.05, 0) is 44.1 Å². The lowest BCUT2D eigenvalue weighted by molar-refractivity contribution is 0.200. The zero-order valence-corrected chi connectivity index (χ0v) is 21.5. The fourth-order valence-electron chi connectivity index (χ4n) is 4.71. The van der Waals surface area contributed by atoms with Crippen molar-refractivity contribution >= 4 is 17.4 Å². The number of nitrogens with zero attached hydrogens (tertiary/aromatic N) is 2. The maximum Gasteiger partial charge on any atom is 0.412 e. The van der Waals surface area contributed by atoms with E-state index in [1.807, 2.05) is 6.07 Å². The Bertz CT molecular complexity index is 1080. The van der Waals surface area contributed by atoms with Crippen molar-refractivity contribution in [2.75, 3.05) is 6.54 Å². The van der Waals surface area contributed by atoms with E-state index < -0.39 is 0 Å². The molecule has 4 rings (SSSR count). The molecule has 1 N–H and O–H groups in total. The van der Waals surface area contributed by atoms with Crippen LogP contribution in [0.2, 0.25) is 0 Å². The standard InChI is InChI=1S/C28H37N3O2S/c1-4-6-16-29-28(32)33-26-17-25(31(20(26)3)18-22-10-8-7-9-11-22)24-19-34-27(30-24)23-14-12-21(5-2)13-15-23/h12-15,17,19,22H,4-11,16,18H2,1-3H3,(H,29,32). The number of hydrogen-bond acceptors (Lipinski definition) is 4. The molecule has 34 heavy (non-hydrogen) atoms. The van der Waals surface area contributed by atoms with Crippen molar-refractivity contribution in [2.45, 2.75) is 78.7 Å². The van der Waals surface area contributed by atoms with Crippen LogP contribution in [0.25, 0.3) is 22.0 Å². The number of carbonyl (C=O) groups excluding carboxylic acids is 1. The Balaban J connectivity index is 1.61. The number of unbranched alkanes of at least 4 members (excludes halogenated alkanes) is 1. The molecule has 1 saturated carbocycles. The largest absolute Gasteiger partial charge is 0.412 e. The van der Waals surface area contributed by atoms with Crippen LogP contribution in [0, 0.1) is 12.8 Å². The van der Waals surface area contributed by atoms with Gasteiger partial charge in [0, 0.05) is 30.1 Å². The van der Waals surface area contributed by atoms with Crippen LogP contribution in [-0.2, 0) is 13.0 Å². The summed E-state index contributed by atoms with van der Waals surface area (Å²) in [5.41, 5.74) is 5.44. The van der Waals surface area contributed by atoms with Crippen molar-refractivity contribution in [1.29, 1.82) is 0 Å². The van der Waals surface area contributed by atoms with E-state index in [0.717, 1.165) is 53.5 Å². The van der Waals surface area contributed by atoms with Gasteiger partial charge in [-0.3, -0.25) is 0 Å². The molecular weight excluding hydrogens is 442 g/mol. The van der Waals surface area contributed by atoms with Gasteiger partial charge in [-0.2, -0.15) is 0 Å². The highest BCUT2D eigenvalue weighted by Gasteiger charge is 2.22. The molecule has 1 fully saturated rings. The molecule has 182 valence electrons. The molecule has 6 heteroatoms. The maximum atomic E-state index is 12.4. The Morgan fingerprint density at radius 3 is 2.65 bits per heavy atom. The zero-order valence-electron chi connectivity index (χ0n) is 20.7. The Hall–Kier alpha value is -2.60. The summed E-state index contributed by atoms with van der Waals surface area (Å²) in [5.74, 6) is 1.28. The van der Waals surface area contributed by atoms with E-state index in [9.17, 15) is 4.79 Å². The summed E-state index contributed by atoms with van der Waals surface area (Å²) in [7, 11) is 0. The number of carbonyl (C=O) groups is 1. The highest BCUT2D eigenvalue weighted by molar-refractivity contribution is 7.13. The molecule has 2 heterocycles. The number of ether oxygens (including phenoxy) is 1.